The van der Waals surface area contributed by atoms with Crippen molar-refractivity contribution in [1.29, 1.82) is 0 Å². The van der Waals surface area contributed by atoms with Gasteiger partial charge in [0.1, 0.15) is 11.6 Å². The van der Waals surface area contributed by atoms with Crippen LogP contribution in [0.5, 0.6) is 5.75 Å². The van der Waals surface area contributed by atoms with E-state index in [9.17, 15) is 9.18 Å². The number of piperazine rings is 1. The average molecular weight is 385 g/mol. The Bertz CT molecular complexity index is 776. The second-order valence-corrected chi connectivity index (χ2v) is 7.09. The molecule has 1 N–H and O–H groups in total. The SMILES string of the molecule is Cc1cccc(OCC(=O)NCCCN2CCN(c3ccccc3F)CC2)c1. The molecule has 0 spiro atoms. The molecular weight excluding hydrogens is 357 g/mol. The van der Waals surface area contributed by atoms with Crippen LogP contribution in [0.15, 0.2) is 48.5 Å². The number of carbonyl (C=O) groups excluding carboxylic acids is 1. The second-order valence-electron chi connectivity index (χ2n) is 7.09. The van der Waals surface area contributed by atoms with Crippen molar-refractivity contribution in [2.45, 2.75) is 13.3 Å². The summed E-state index contributed by atoms with van der Waals surface area (Å²) in [6, 6.07) is 14.6. The Kier molecular flexibility index (Phi) is 7.25. The topological polar surface area (TPSA) is 44.8 Å². The predicted molar refractivity (Wildman–Crippen MR) is 109 cm³/mol. The van der Waals surface area contributed by atoms with Crippen molar-refractivity contribution in [3.05, 3.63) is 59.9 Å². The molecule has 0 aliphatic carbocycles. The maximum atomic E-state index is 13.9. The molecule has 0 aromatic heterocycles. The summed E-state index contributed by atoms with van der Waals surface area (Å²) >= 11 is 0. The smallest absolute Gasteiger partial charge is 0.257 e. The van der Waals surface area contributed by atoms with Gasteiger partial charge in [-0.15, -0.1) is 0 Å². The fraction of sp³-hybridized carbons (Fsp3) is 0.409. The Hall–Kier alpha value is -2.60. The third-order valence-electron chi connectivity index (χ3n) is 4.90. The summed E-state index contributed by atoms with van der Waals surface area (Å²) in [6.45, 7) is 7.01. The highest BCUT2D eigenvalue weighted by atomic mass is 19.1. The van der Waals surface area contributed by atoms with E-state index in [0.29, 0.717) is 18.0 Å². The lowest BCUT2D eigenvalue weighted by atomic mass is 10.2. The molecule has 0 bridgehead atoms. The molecule has 150 valence electrons. The van der Waals surface area contributed by atoms with Crippen LogP contribution in [0.25, 0.3) is 0 Å². The van der Waals surface area contributed by atoms with E-state index in [0.717, 1.165) is 44.7 Å². The maximum Gasteiger partial charge on any atom is 0.257 e. The first-order chi connectivity index (χ1) is 13.6. The minimum atomic E-state index is -0.161. The van der Waals surface area contributed by atoms with E-state index in [1.54, 1.807) is 6.07 Å². The molecule has 2 aromatic rings. The number of halogens is 1. The molecule has 6 heteroatoms. The number of aryl methyl sites for hydroxylation is 1. The van der Waals surface area contributed by atoms with E-state index >= 15 is 0 Å². The number of amides is 1. The molecule has 2 aromatic carbocycles. The normalized spacial score (nSPS) is 14.7. The van der Waals surface area contributed by atoms with Gasteiger partial charge in [-0.2, -0.15) is 0 Å². The number of nitrogens with zero attached hydrogens (tertiary/aromatic N) is 2. The minimum Gasteiger partial charge on any atom is -0.484 e. The summed E-state index contributed by atoms with van der Waals surface area (Å²) in [6.07, 6.45) is 0.885. The lowest BCUT2D eigenvalue weighted by Crippen LogP contribution is -2.47. The Labute approximate surface area is 166 Å². The van der Waals surface area contributed by atoms with Crippen LogP contribution in [0.1, 0.15) is 12.0 Å². The first kappa shape index (κ1) is 20.1. The van der Waals surface area contributed by atoms with Gasteiger partial charge in [-0.25, -0.2) is 4.39 Å². The number of nitrogens with one attached hydrogen (secondary N) is 1. The van der Waals surface area contributed by atoms with Gasteiger partial charge in [0, 0.05) is 32.7 Å². The Balaban J connectivity index is 1.29. The summed E-state index contributed by atoms with van der Waals surface area (Å²) < 4.78 is 19.4. The van der Waals surface area contributed by atoms with Crippen molar-refractivity contribution < 1.29 is 13.9 Å². The van der Waals surface area contributed by atoms with E-state index in [2.05, 4.69) is 15.1 Å². The third kappa shape index (κ3) is 5.96. The van der Waals surface area contributed by atoms with E-state index in [4.69, 9.17) is 4.74 Å². The number of ether oxygens (including phenoxy) is 1. The van der Waals surface area contributed by atoms with E-state index < -0.39 is 0 Å². The van der Waals surface area contributed by atoms with Crippen LogP contribution in [-0.2, 0) is 4.79 Å². The summed E-state index contributed by atoms with van der Waals surface area (Å²) in [5.41, 5.74) is 1.79. The molecule has 1 heterocycles. The molecule has 3 rings (SSSR count). The number of benzene rings is 2. The molecule has 1 amide bonds. The molecule has 5 nitrogen and oxygen atoms in total. The predicted octanol–water partition coefficient (Wildman–Crippen LogP) is 2.84. The largest absolute Gasteiger partial charge is 0.484 e. The zero-order valence-electron chi connectivity index (χ0n) is 16.4. The van der Waals surface area contributed by atoms with Crippen molar-refractivity contribution >= 4 is 11.6 Å². The minimum absolute atomic E-state index is 0.0325. The summed E-state index contributed by atoms with van der Waals surface area (Å²) in [7, 11) is 0. The van der Waals surface area contributed by atoms with Gasteiger partial charge in [0.05, 0.1) is 5.69 Å². The van der Waals surface area contributed by atoms with Gasteiger partial charge in [0.2, 0.25) is 0 Å². The molecule has 0 saturated carbocycles. The molecule has 1 saturated heterocycles. The standard InChI is InChI=1S/C22H28FN3O2/c1-18-6-4-7-19(16-18)28-17-22(27)24-10-5-11-25-12-14-26(15-13-25)21-9-3-2-8-20(21)23/h2-4,6-9,16H,5,10-15,17H2,1H3,(H,24,27). The van der Waals surface area contributed by atoms with Gasteiger partial charge in [-0.3, -0.25) is 9.69 Å². The van der Waals surface area contributed by atoms with Crippen LogP contribution in [0.3, 0.4) is 0 Å². The molecule has 1 aliphatic rings. The van der Waals surface area contributed by atoms with Crippen molar-refractivity contribution in [2.24, 2.45) is 0 Å². The number of carbonyl (C=O) groups is 1. The van der Waals surface area contributed by atoms with Gasteiger partial charge in [-0.1, -0.05) is 24.3 Å². The number of rotatable bonds is 8. The quantitative estimate of drug-likeness (QED) is 0.710. The molecule has 1 fully saturated rings. The van der Waals surface area contributed by atoms with Crippen LogP contribution in [0.4, 0.5) is 10.1 Å². The van der Waals surface area contributed by atoms with Gasteiger partial charge < -0.3 is 15.0 Å². The van der Waals surface area contributed by atoms with Crippen LogP contribution >= 0.6 is 0 Å². The second kappa shape index (κ2) is 10.1. The molecule has 0 unspecified atom stereocenters. The fourth-order valence-corrected chi connectivity index (χ4v) is 3.36. The average Bonchev–Trinajstić information content (AvgIpc) is 2.71. The van der Waals surface area contributed by atoms with Crippen LogP contribution in [0, 0.1) is 12.7 Å². The van der Waals surface area contributed by atoms with Crippen molar-refractivity contribution in [1.82, 2.24) is 10.2 Å². The van der Waals surface area contributed by atoms with Crippen LogP contribution in [-0.4, -0.2) is 56.7 Å². The number of hydrogen-bond donors (Lipinski definition) is 1. The zero-order valence-corrected chi connectivity index (χ0v) is 16.4. The summed E-state index contributed by atoms with van der Waals surface area (Å²) in [4.78, 5) is 16.3. The third-order valence-corrected chi connectivity index (χ3v) is 4.90. The number of anilines is 1. The monoisotopic (exact) mass is 385 g/mol. The Morgan fingerprint density at radius 1 is 1.11 bits per heavy atom. The highest BCUT2D eigenvalue weighted by Gasteiger charge is 2.18. The van der Waals surface area contributed by atoms with Gasteiger partial charge in [-0.05, 0) is 49.7 Å². The maximum absolute atomic E-state index is 13.9. The number of para-hydroxylation sites is 1. The molecule has 0 radical (unpaired) electrons. The van der Waals surface area contributed by atoms with Crippen LogP contribution < -0.4 is 15.0 Å². The van der Waals surface area contributed by atoms with Crippen LogP contribution in [0.2, 0.25) is 0 Å². The van der Waals surface area contributed by atoms with E-state index in [1.165, 1.54) is 6.07 Å². The summed E-state index contributed by atoms with van der Waals surface area (Å²) in [5.74, 6) is 0.445. The summed E-state index contributed by atoms with van der Waals surface area (Å²) in [5, 5.41) is 2.90. The molecule has 0 atom stereocenters. The Morgan fingerprint density at radius 3 is 2.64 bits per heavy atom. The van der Waals surface area contributed by atoms with Gasteiger partial charge >= 0.3 is 0 Å². The molecule has 28 heavy (non-hydrogen) atoms. The van der Waals surface area contributed by atoms with Crippen molar-refractivity contribution in [3.8, 4) is 5.75 Å². The molecular formula is C22H28FN3O2. The van der Waals surface area contributed by atoms with E-state index in [-0.39, 0.29) is 18.3 Å². The van der Waals surface area contributed by atoms with E-state index in [1.807, 2.05) is 43.3 Å². The highest BCUT2D eigenvalue weighted by Crippen LogP contribution is 2.20. The fourth-order valence-electron chi connectivity index (χ4n) is 3.36. The van der Waals surface area contributed by atoms with Gasteiger partial charge in [0.15, 0.2) is 6.61 Å². The van der Waals surface area contributed by atoms with Crippen molar-refractivity contribution in [3.63, 3.8) is 0 Å². The zero-order chi connectivity index (χ0) is 19.8. The highest BCUT2D eigenvalue weighted by molar-refractivity contribution is 5.77. The lowest BCUT2D eigenvalue weighted by molar-refractivity contribution is -0.123. The first-order valence-electron chi connectivity index (χ1n) is 9.80. The first-order valence-corrected chi connectivity index (χ1v) is 9.80. The lowest BCUT2D eigenvalue weighted by Gasteiger charge is -2.36. The van der Waals surface area contributed by atoms with Crippen molar-refractivity contribution in [2.75, 3.05) is 50.8 Å². The molecule has 1 aliphatic heterocycles. The number of hydrogen-bond acceptors (Lipinski definition) is 4. The Morgan fingerprint density at radius 2 is 1.89 bits per heavy atom. The van der Waals surface area contributed by atoms with Gasteiger partial charge in [0.25, 0.3) is 5.91 Å².